The van der Waals surface area contributed by atoms with E-state index in [9.17, 15) is 0 Å². The van der Waals surface area contributed by atoms with Gasteiger partial charge in [-0.3, -0.25) is 5.10 Å². The molecule has 0 atom stereocenters. The molecule has 2 heterocycles. The molecule has 0 aliphatic rings. The van der Waals surface area contributed by atoms with Gasteiger partial charge in [0.2, 0.25) is 0 Å². The highest BCUT2D eigenvalue weighted by Crippen LogP contribution is 2.25. The molecular formula is C14H11N5O. The number of benzene rings is 2. The zero-order valence-electron chi connectivity index (χ0n) is 10.7. The van der Waals surface area contributed by atoms with Crippen LogP contribution in [0.15, 0.2) is 42.5 Å². The molecule has 0 saturated heterocycles. The zero-order chi connectivity index (χ0) is 13.5. The Hall–Kier alpha value is -2.89. The molecule has 20 heavy (non-hydrogen) atoms. The summed E-state index contributed by atoms with van der Waals surface area (Å²) in [5.41, 5.74) is 2.69. The van der Waals surface area contributed by atoms with Crippen LogP contribution in [0.4, 0.5) is 0 Å². The van der Waals surface area contributed by atoms with Gasteiger partial charge in [-0.25, -0.2) is 0 Å². The van der Waals surface area contributed by atoms with Crippen molar-refractivity contribution in [2.24, 2.45) is 0 Å². The van der Waals surface area contributed by atoms with E-state index in [4.69, 9.17) is 4.74 Å². The molecular weight excluding hydrogens is 254 g/mol. The van der Waals surface area contributed by atoms with Crippen molar-refractivity contribution in [1.82, 2.24) is 25.2 Å². The van der Waals surface area contributed by atoms with Gasteiger partial charge in [0, 0.05) is 5.39 Å². The van der Waals surface area contributed by atoms with Crippen molar-refractivity contribution < 1.29 is 4.74 Å². The quantitative estimate of drug-likeness (QED) is 0.604. The normalized spacial score (nSPS) is 11.2. The van der Waals surface area contributed by atoms with E-state index in [1.54, 1.807) is 11.8 Å². The molecule has 6 heteroatoms. The Morgan fingerprint density at radius 3 is 2.95 bits per heavy atom. The lowest BCUT2D eigenvalue weighted by Crippen LogP contribution is -1.97. The van der Waals surface area contributed by atoms with Crippen molar-refractivity contribution >= 4 is 21.9 Å². The number of fused-ring (bicyclic) bond motifs is 2. The highest BCUT2D eigenvalue weighted by Gasteiger charge is 2.13. The Labute approximate surface area is 114 Å². The van der Waals surface area contributed by atoms with E-state index in [-0.39, 0.29) is 0 Å². The number of hydrogen-bond acceptors (Lipinski definition) is 4. The lowest BCUT2D eigenvalue weighted by atomic mass is 10.2. The number of aromatic nitrogens is 5. The van der Waals surface area contributed by atoms with E-state index in [0.717, 1.165) is 27.7 Å². The molecule has 0 aliphatic carbocycles. The first-order chi connectivity index (χ1) is 9.86. The number of ether oxygens (including phenoxy) is 1. The molecule has 0 bridgehead atoms. The summed E-state index contributed by atoms with van der Waals surface area (Å²) in [6.45, 7) is 0. The average molecular weight is 265 g/mol. The van der Waals surface area contributed by atoms with Crippen LogP contribution in [0.2, 0.25) is 0 Å². The summed E-state index contributed by atoms with van der Waals surface area (Å²) in [5.74, 6) is 1.50. The minimum atomic E-state index is 0.715. The number of nitrogens with zero attached hydrogens (tertiary/aromatic N) is 4. The molecule has 0 unspecified atom stereocenters. The summed E-state index contributed by atoms with van der Waals surface area (Å²) < 4.78 is 6.99. The fraction of sp³-hybridized carbons (Fsp3) is 0.0714. The molecule has 4 rings (SSSR count). The molecule has 0 spiro atoms. The number of nitrogens with one attached hydrogen (secondary N) is 1. The molecule has 0 saturated carbocycles. The van der Waals surface area contributed by atoms with Gasteiger partial charge in [-0.15, -0.1) is 5.10 Å². The summed E-state index contributed by atoms with van der Waals surface area (Å²) in [6.07, 6.45) is 0. The average Bonchev–Trinajstić information content (AvgIpc) is 3.09. The third kappa shape index (κ3) is 1.48. The zero-order valence-corrected chi connectivity index (χ0v) is 10.7. The van der Waals surface area contributed by atoms with Crippen LogP contribution >= 0.6 is 0 Å². The molecule has 4 aromatic rings. The van der Waals surface area contributed by atoms with Crippen molar-refractivity contribution in [2.75, 3.05) is 7.11 Å². The third-order valence-electron chi connectivity index (χ3n) is 3.30. The van der Waals surface area contributed by atoms with Crippen LogP contribution in [0.3, 0.4) is 0 Å². The van der Waals surface area contributed by atoms with Crippen LogP contribution in [0, 0.1) is 0 Å². The van der Waals surface area contributed by atoms with E-state index in [0.29, 0.717) is 5.82 Å². The van der Waals surface area contributed by atoms with Gasteiger partial charge < -0.3 is 4.74 Å². The Morgan fingerprint density at radius 2 is 2.05 bits per heavy atom. The van der Waals surface area contributed by atoms with Gasteiger partial charge in [0.15, 0.2) is 5.82 Å². The van der Waals surface area contributed by atoms with Gasteiger partial charge in [0.25, 0.3) is 0 Å². The van der Waals surface area contributed by atoms with Gasteiger partial charge in [0.1, 0.15) is 11.3 Å². The lowest BCUT2D eigenvalue weighted by Gasteiger charge is -2.01. The summed E-state index contributed by atoms with van der Waals surface area (Å²) in [5, 5.41) is 16.6. The van der Waals surface area contributed by atoms with Crippen molar-refractivity contribution in [3.63, 3.8) is 0 Å². The molecule has 0 radical (unpaired) electrons. The molecule has 98 valence electrons. The SMILES string of the molecule is COc1ccc2[nH]nc(-n3nnc4ccccc43)c2c1. The summed E-state index contributed by atoms with van der Waals surface area (Å²) in [6, 6.07) is 13.5. The largest absolute Gasteiger partial charge is 0.497 e. The second-order valence-corrected chi connectivity index (χ2v) is 4.45. The minimum absolute atomic E-state index is 0.715. The molecule has 6 nitrogen and oxygen atoms in total. The van der Waals surface area contributed by atoms with E-state index >= 15 is 0 Å². The number of rotatable bonds is 2. The van der Waals surface area contributed by atoms with Gasteiger partial charge in [-0.1, -0.05) is 17.3 Å². The molecule has 0 fully saturated rings. The van der Waals surface area contributed by atoms with E-state index in [1.165, 1.54) is 0 Å². The monoisotopic (exact) mass is 265 g/mol. The molecule has 0 aliphatic heterocycles. The first-order valence-electron chi connectivity index (χ1n) is 6.20. The number of aromatic amines is 1. The summed E-state index contributed by atoms with van der Waals surface area (Å²) in [4.78, 5) is 0. The summed E-state index contributed by atoms with van der Waals surface area (Å²) in [7, 11) is 1.64. The van der Waals surface area contributed by atoms with Gasteiger partial charge in [-0.2, -0.15) is 9.78 Å². The maximum atomic E-state index is 5.26. The smallest absolute Gasteiger partial charge is 0.185 e. The Morgan fingerprint density at radius 1 is 1.15 bits per heavy atom. The van der Waals surface area contributed by atoms with E-state index in [2.05, 4.69) is 20.5 Å². The van der Waals surface area contributed by atoms with Crippen LogP contribution in [0.5, 0.6) is 5.75 Å². The van der Waals surface area contributed by atoms with Crippen LogP contribution in [0.1, 0.15) is 0 Å². The van der Waals surface area contributed by atoms with Crippen LogP contribution in [0.25, 0.3) is 27.8 Å². The van der Waals surface area contributed by atoms with Gasteiger partial charge in [-0.05, 0) is 30.3 Å². The highest BCUT2D eigenvalue weighted by molar-refractivity contribution is 5.89. The molecule has 2 aromatic heterocycles. The van der Waals surface area contributed by atoms with Gasteiger partial charge in [0.05, 0.1) is 18.1 Å². The van der Waals surface area contributed by atoms with Gasteiger partial charge >= 0.3 is 0 Å². The van der Waals surface area contributed by atoms with Crippen LogP contribution < -0.4 is 4.74 Å². The maximum absolute atomic E-state index is 5.26. The minimum Gasteiger partial charge on any atom is -0.497 e. The van der Waals surface area contributed by atoms with E-state index < -0.39 is 0 Å². The molecule has 1 N–H and O–H groups in total. The Kier molecular flexibility index (Phi) is 2.23. The van der Waals surface area contributed by atoms with Crippen LogP contribution in [-0.2, 0) is 0 Å². The topological polar surface area (TPSA) is 68.6 Å². The Balaban J connectivity index is 2.02. The molecule has 2 aromatic carbocycles. The fourth-order valence-electron chi connectivity index (χ4n) is 2.29. The maximum Gasteiger partial charge on any atom is 0.185 e. The lowest BCUT2D eigenvalue weighted by molar-refractivity contribution is 0.415. The summed E-state index contributed by atoms with van der Waals surface area (Å²) >= 11 is 0. The first-order valence-corrected chi connectivity index (χ1v) is 6.20. The van der Waals surface area contributed by atoms with Crippen molar-refractivity contribution in [2.45, 2.75) is 0 Å². The standard InChI is InChI=1S/C14H11N5O/c1-20-9-6-7-11-10(8-9)14(17-15-11)19-13-5-3-2-4-12(13)16-18-19/h2-8H,1H3,(H,15,17). The van der Waals surface area contributed by atoms with Crippen LogP contribution in [-0.4, -0.2) is 32.3 Å². The number of hydrogen-bond donors (Lipinski definition) is 1. The number of para-hydroxylation sites is 1. The second kappa shape index (κ2) is 4.06. The fourth-order valence-corrected chi connectivity index (χ4v) is 2.29. The van der Waals surface area contributed by atoms with Crippen molar-refractivity contribution in [1.29, 1.82) is 0 Å². The third-order valence-corrected chi connectivity index (χ3v) is 3.30. The first kappa shape index (κ1) is 11.0. The number of methoxy groups -OCH3 is 1. The highest BCUT2D eigenvalue weighted by atomic mass is 16.5. The van der Waals surface area contributed by atoms with Crippen molar-refractivity contribution in [3.05, 3.63) is 42.5 Å². The van der Waals surface area contributed by atoms with Crippen molar-refractivity contribution in [3.8, 4) is 11.6 Å². The number of H-pyrrole nitrogens is 1. The predicted octanol–water partition coefficient (Wildman–Crippen LogP) is 2.31. The van der Waals surface area contributed by atoms with E-state index in [1.807, 2.05) is 42.5 Å². The predicted molar refractivity (Wildman–Crippen MR) is 75.1 cm³/mol. The molecule has 0 amide bonds. The Bertz CT molecular complexity index is 908. The second-order valence-electron chi connectivity index (χ2n) is 4.45.